The van der Waals surface area contributed by atoms with Crippen LogP contribution in [-0.2, 0) is 11.2 Å². The van der Waals surface area contributed by atoms with Crippen molar-refractivity contribution in [1.29, 1.82) is 0 Å². The minimum atomic E-state index is -0.819. The topological polar surface area (TPSA) is 66.0 Å². The number of nitrogens with zero attached hydrogens (tertiary/aromatic N) is 1. The van der Waals surface area contributed by atoms with Gasteiger partial charge in [-0.05, 0) is 18.3 Å². The highest BCUT2D eigenvalue weighted by molar-refractivity contribution is 5.75. The van der Waals surface area contributed by atoms with Crippen LogP contribution in [0.1, 0.15) is 45.1 Å². The van der Waals surface area contributed by atoms with Crippen molar-refractivity contribution in [2.24, 2.45) is 11.8 Å². The molecule has 0 saturated carbocycles. The summed E-state index contributed by atoms with van der Waals surface area (Å²) in [5, 5.41) is 9.13. The average molecular weight is 224 g/mol. The van der Waals surface area contributed by atoms with Gasteiger partial charge in [-0.2, -0.15) is 0 Å². The molecule has 0 aliphatic heterocycles. The van der Waals surface area contributed by atoms with Crippen molar-refractivity contribution in [3.8, 4) is 0 Å². The van der Waals surface area contributed by atoms with E-state index in [0.29, 0.717) is 11.7 Å². The molecule has 0 bridgehead atoms. The first-order valence-electron chi connectivity index (χ1n) is 5.68. The zero-order valence-corrected chi connectivity index (χ0v) is 10.3. The molecule has 4 nitrogen and oxygen atoms in total. The fourth-order valence-corrected chi connectivity index (χ4v) is 1.80. The third kappa shape index (κ3) is 3.08. The van der Waals surface area contributed by atoms with Crippen LogP contribution in [0.25, 0.3) is 0 Å². The van der Waals surface area contributed by atoms with Crippen LogP contribution in [0.2, 0.25) is 0 Å². The van der Waals surface area contributed by atoms with E-state index in [0.717, 1.165) is 12.1 Å². The lowest BCUT2D eigenvalue weighted by Crippen LogP contribution is -2.18. The van der Waals surface area contributed by atoms with Crippen LogP contribution < -0.4 is 0 Å². The summed E-state index contributed by atoms with van der Waals surface area (Å²) in [6.45, 7) is 8.03. The van der Waals surface area contributed by atoms with E-state index in [2.05, 4.69) is 23.8 Å². The lowest BCUT2D eigenvalue weighted by molar-refractivity contribution is -0.140. The number of hydrogen-bond donors (Lipinski definition) is 2. The fourth-order valence-electron chi connectivity index (χ4n) is 1.80. The zero-order valence-electron chi connectivity index (χ0n) is 10.3. The number of aromatic nitrogens is 2. The third-order valence-corrected chi connectivity index (χ3v) is 2.50. The molecule has 1 aromatic heterocycles. The maximum absolute atomic E-state index is 11.1. The first-order chi connectivity index (χ1) is 7.41. The van der Waals surface area contributed by atoms with E-state index in [9.17, 15) is 4.79 Å². The second-order valence-electron chi connectivity index (χ2n) is 4.95. The van der Waals surface area contributed by atoms with E-state index in [4.69, 9.17) is 5.11 Å². The minimum Gasteiger partial charge on any atom is -0.481 e. The number of aromatic amines is 1. The number of carboxylic acids is 1. The highest BCUT2D eigenvalue weighted by Crippen LogP contribution is 2.22. The van der Waals surface area contributed by atoms with Gasteiger partial charge in [-0.25, -0.2) is 4.98 Å². The Balaban J connectivity index is 2.86. The van der Waals surface area contributed by atoms with Gasteiger partial charge in [0, 0.05) is 11.9 Å². The molecule has 1 atom stereocenters. The van der Waals surface area contributed by atoms with E-state index in [-0.39, 0.29) is 5.92 Å². The van der Waals surface area contributed by atoms with Crippen molar-refractivity contribution in [1.82, 2.24) is 9.97 Å². The number of hydrogen-bond acceptors (Lipinski definition) is 2. The zero-order chi connectivity index (χ0) is 12.3. The Labute approximate surface area is 96.1 Å². The molecule has 0 aromatic carbocycles. The van der Waals surface area contributed by atoms with E-state index >= 15 is 0 Å². The lowest BCUT2D eigenvalue weighted by Gasteiger charge is -2.13. The number of H-pyrrole nitrogens is 1. The van der Waals surface area contributed by atoms with E-state index in [1.165, 1.54) is 0 Å². The van der Waals surface area contributed by atoms with Gasteiger partial charge < -0.3 is 10.1 Å². The van der Waals surface area contributed by atoms with E-state index in [1.807, 2.05) is 13.8 Å². The van der Waals surface area contributed by atoms with E-state index in [1.54, 1.807) is 6.20 Å². The van der Waals surface area contributed by atoms with Gasteiger partial charge in [-0.1, -0.05) is 27.7 Å². The Morgan fingerprint density at radius 3 is 2.50 bits per heavy atom. The Bertz CT molecular complexity index is 356. The Morgan fingerprint density at radius 2 is 2.06 bits per heavy atom. The Kier molecular flexibility index (Phi) is 4.10. The summed E-state index contributed by atoms with van der Waals surface area (Å²) in [4.78, 5) is 18.4. The molecule has 0 amide bonds. The number of imidazole rings is 1. The van der Waals surface area contributed by atoms with Crippen molar-refractivity contribution in [3.05, 3.63) is 17.7 Å². The summed E-state index contributed by atoms with van der Waals surface area (Å²) in [5.74, 6) is -0.217. The number of carboxylic acid groups (broad SMARTS) is 1. The van der Waals surface area contributed by atoms with Gasteiger partial charge in [0.2, 0.25) is 0 Å². The van der Waals surface area contributed by atoms with Gasteiger partial charge in [0.25, 0.3) is 0 Å². The normalized spacial score (nSPS) is 13.4. The molecular formula is C12H20N2O2. The number of aliphatic carboxylic acids is 1. The second kappa shape index (κ2) is 5.14. The molecule has 0 spiro atoms. The van der Waals surface area contributed by atoms with Gasteiger partial charge in [-0.15, -0.1) is 0 Å². The van der Waals surface area contributed by atoms with Gasteiger partial charge >= 0.3 is 5.97 Å². The smallest absolute Gasteiger partial charge is 0.314 e. The van der Waals surface area contributed by atoms with Crippen molar-refractivity contribution in [2.75, 3.05) is 0 Å². The third-order valence-electron chi connectivity index (χ3n) is 2.50. The predicted molar refractivity (Wildman–Crippen MR) is 62.3 cm³/mol. The summed E-state index contributed by atoms with van der Waals surface area (Å²) in [5.41, 5.74) is 1.01. The van der Waals surface area contributed by atoms with Gasteiger partial charge in [0.05, 0.1) is 0 Å². The van der Waals surface area contributed by atoms with Gasteiger partial charge in [0.1, 0.15) is 11.7 Å². The standard InChI is InChI=1S/C12H20N2O2/c1-7(2)5-9-6-13-11(14-9)10(8(3)4)12(15)16/h6-8,10H,5H2,1-4H3,(H,13,14)(H,15,16). The first kappa shape index (κ1) is 12.7. The van der Waals surface area contributed by atoms with Crippen LogP contribution >= 0.6 is 0 Å². The summed E-state index contributed by atoms with van der Waals surface area (Å²) < 4.78 is 0. The highest BCUT2D eigenvalue weighted by atomic mass is 16.4. The van der Waals surface area contributed by atoms with E-state index < -0.39 is 11.9 Å². The van der Waals surface area contributed by atoms with Crippen LogP contribution in [0, 0.1) is 11.8 Å². The molecule has 0 saturated heterocycles. The molecule has 0 fully saturated rings. The number of rotatable bonds is 5. The first-order valence-corrected chi connectivity index (χ1v) is 5.68. The second-order valence-corrected chi connectivity index (χ2v) is 4.95. The monoisotopic (exact) mass is 224 g/mol. The van der Waals surface area contributed by atoms with Crippen LogP contribution in [0.5, 0.6) is 0 Å². The highest BCUT2D eigenvalue weighted by Gasteiger charge is 2.26. The average Bonchev–Trinajstić information content (AvgIpc) is 2.50. The SMILES string of the molecule is CC(C)Cc1cnc(C(C(=O)O)C(C)C)[nH]1. The quantitative estimate of drug-likeness (QED) is 0.807. The molecule has 0 aliphatic carbocycles. The van der Waals surface area contributed by atoms with Crippen LogP contribution in [0.3, 0.4) is 0 Å². The van der Waals surface area contributed by atoms with Crippen LogP contribution in [0.15, 0.2) is 6.20 Å². The molecule has 2 N–H and O–H groups in total. The molecule has 4 heteroatoms. The Hall–Kier alpha value is -1.32. The summed E-state index contributed by atoms with van der Waals surface area (Å²) in [6.07, 6.45) is 2.64. The minimum absolute atomic E-state index is 0.0375. The van der Waals surface area contributed by atoms with Crippen LogP contribution in [-0.4, -0.2) is 21.0 Å². The maximum atomic E-state index is 11.1. The van der Waals surface area contributed by atoms with Gasteiger partial charge in [-0.3, -0.25) is 4.79 Å². The molecule has 0 aliphatic rings. The molecule has 16 heavy (non-hydrogen) atoms. The molecule has 1 heterocycles. The van der Waals surface area contributed by atoms with Crippen molar-refractivity contribution < 1.29 is 9.90 Å². The van der Waals surface area contributed by atoms with Crippen molar-refractivity contribution in [2.45, 2.75) is 40.0 Å². The predicted octanol–water partition coefficient (Wildman–Crippen LogP) is 2.43. The maximum Gasteiger partial charge on any atom is 0.314 e. The number of nitrogens with one attached hydrogen (secondary N) is 1. The molecule has 1 unspecified atom stereocenters. The fraction of sp³-hybridized carbons (Fsp3) is 0.667. The molecular weight excluding hydrogens is 204 g/mol. The van der Waals surface area contributed by atoms with Crippen molar-refractivity contribution >= 4 is 5.97 Å². The number of carbonyl (C=O) groups is 1. The molecule has 1 aromatic rings. The molecule has 1 rings (SSSR count). The summed E-state index contributed by atoms with van der Waals surface area (Å²) >= 11 is 0. The van der Waals surface area contributed by atoms with Gasteiger partial charge in [0.15, 0.2) is 0 Å². The summed E-state index contributed by atoms with van der Waals surface area (Å²) in [7, 11) is 0. The Morgan fingerprint density at radius 1 is 1.44 bits per heavy atom. The van der Waals surface area contributed by atoms with Crippen molar-refractivity contribution in [3.63, 3.8) is 0 Å². The molecule has 0 radical (unpaired) electrons. The lowest BCUT2D eigenvalue weighted by atomic mass is 9.95. The largest absolute Gasteiger partial charge is 0.481 e. The summed E-state index contributed by atoms with van der Waals surface area (Å²) in [6, 6.07) is 0. The molecule has 90 valence electrons. The van der Waals surface area contributed by atoms with Crippen LogP contribution in [0.4, 0.5) is 0 Å².